The molecule has 0 bridgehead atoms. The number of Topliss-reactive ketones (excluding diaryl/α,β-unsaturated/α-hetero) is 1. The van der Waals surface area contributed by atoms with Gasteiger partial charge in [0.05, 0.1) is 18.2 Å². The molecule has 1 amide bonds. The van der Waals surface area contributed by atoms with Gasteiger partial charge in [-0.05, 0) is 47.9 Å². The van der Waals surface area contributed by atoms with Crippen molar-refractivity contribution in [2.75, 3.05) is 11.5 Å². The van der Waals surface area contributed by atoms with E-state index in [-0.39, 0.29) is 16.5 Å². The number of hydrogen-bond donors (Lipinski definition) is 1. The van der Waals surface area contributed by atoms with Crippen LogP contribution in [0.25, 0.3) is 5.76 Å². The fourth-order valence-electron chi connectivity index (χ4n) is 4.29. The summed E-state index contributed by atoms with van der Waals surface area (Å²) < 4.78 is 6.34. The second-order valence-corrected chi connectivity index (χ2v) is 11.6. The number of unbranched alkanes of at least 4 members (excludes halogenated alkanes) is 1. The van der Waals surface area contributed by atoms with Crippen molar-refractivity contribution in [1.29, 1.82) is 0 Å². The third-order valence-electron chi connectivity index (χ3n) is 6.36. The van der Waals surface area contributed by atoms with Crippen LogP contribution in [0.2, 0.25) is 5.02 Å². The quantitative estimate of drug-likeness (QED) is 0.0517. The molecule has 1 fully saturated rings. The highest BCUT2D eigenvalue weighted by Gasteiger charge is 2.48. The van der Waals surface area contributed by atoms with Crippen LogP contribution in [0.1, 0.15) is 42.5 Å². The lowest BCUT2D eigenvalue weighted by Gasteiger charge is -2.22. The highest BCUT2D eigenvalue weighted by molar-refractivity contribution is 8.00. The fraction of sp³-hybridized carbons (Fsp3) is 0.200. The molecule has 1 atom stereocenters. The number of amides is 1. The number of anilines is 1. The molecule has 1 N–H and O–H groups in total. The van der Waals surface area contributed by atoms with Crippen molar-refractivity contribution >= 4 is 57.3 Å². The maximum absolute atomic E-state index is 13.4. The highest BCUT2D eigenvalue weighted by atomic mass is 35.5. The Hall–Kier alpha value is -3.66. The van der Waals surface area contributed by atoms with Gasteiger partial charge in [0, 0.05) is 16.3 Å². The number of aromatic nitrogens is 2. The van der Waals surface area contributed by atoms with E-state index in [0.717, 1.165) is 18.4 Å². The zero-order valence-electron chi connectivity index (χ0n) is 21.6. The highest BCUT2D eigenvalue weighted by Crippen LogP contribution is 2.44. The number of ketones is 1. The van der Waals surface area contributed by atoms with Crippen molar-refractivity contribution in [2.24, 2.45) is 0 Å². The number of carbonyl (C=O) groups excluding carboxylic acids is 2. The van der Waals surface area contributed by atoms with E-state index in [1.165, 1.54) is 28.0 Å². The number of benzene rings is 3. The van der Waals surface area contributed by atoms with Gasteiger partial charge < -0.3 is 9.84 Å². The molecule has 40 heavy (non-hydrogen) atoms. The second kappa shape index (κ2) is 12.7. The summed E-state index contributed by atoms with van der Waals surface area (Å²) >= 11 is 8.94. The van der Waals surface area contributed by atoms with Crippen molar-refractivity contribution in [2.45, 2.75) is 35.9 Å². The largest absolute Gasteiger partial charge is 0.507 e. The molecule has 2 heterocycles. The Bertz CT molecular complexity index is 1540. The summed E-state index contributed by atoms with van der Waals surface area (Å²) in [6.45, 7) is 2.69. The van der Waals surface area contributed by atoms with Gasteiger partial charge in [0.25, 0.3) is 5.78 Å². The number of halogens is 1. The van der Waals surface area contributed by atoms with E-state index >= 15 is 0 Å². The fourth-order valence-corrected chi connectivity index (χ4v) is 6.45. The summed E-state index contributed by atoms with van der Waals surface area (Å²) in [5.74, 6) is -0.565. The summed E-state index contributed by atoms with van der Waals surface area (Å²) in [6, 6.07) is 22.7. The second-order valence-electron chi connectivity index (χ2n) is 9.04. The average molecular weight is 592 g/mol. The summed E-state index contributed by atoms with van der Waals surface area (Å²) in [5, 5.41) is 20.8. The predicted octanol–water partition coefficient (Wildman–Crippen LogP) is 7.29. The summed E-state index contributed by atoms with van der Waals surface area (Å²) in [7, 11) is 0. The van der Waals surface area contributed by atoms with Crippen LogP contribution in [-0.4, -0.2) is 33.6 Å². The summed E-state index contributed by atoms with van der Waals surface area (Å²) in [6.07, 6.45) is 1.96. The van der Waals surface area contributed by atoms with Gasteiger partial charge in [-0.25, -0.2) is 0 Å². The van der Waals surface area contributed by atoms with Crippen molar-refractivity contribution in [3.05, 3.63) is 106 Å². The van der Waals surface area contributed by atoms with Gasteiger partial charge in [0.2, 0.25) is 5.13 Å². The molecule has 0 spiro atoms. The third-order valence-corrected chi connectivity index (χ3v) is 8.84. The first-order valence-electron chi connectivity index (χ1n) is 12.8. The zero-order chi connectivity index (χ0) is 28.1. The molecule has 4 aromatic rings. The standard InChI is InChI=1S/C30H26ClN3O4S2/c1-2-3-17-38-22-15-13-20(14-16-22)26(35)24-25(19-9-5-4-6-10-19)34(28(37)27(24)36)29-32-33-30(40-29)39-18-21-11-7-8-12-23(21)31/h4-16,25,35H,2-3,17-18H2,1H3/t25-/m0/s1. The molecular weight excluding hydrogens is 566 g/mol. The Balaban J connectivity index is 1.47. The first kappa shape index (κ1) is 27.9. The van der Waals surface area contributed by atoms with E-state index in [0.29, 0.717) is 38.6 Å². The van der Waals surface area contributed by atoms with Gasteiger partial charge >= 0.3 is 5.91 Å². The molecule has 5 rings (SSSR count). The van der Waals surface area contributed by atoms with Crippen LogP contribution in [0.3, 0.4) is 0 Å². The van der Waals surface area contributed by atoms with Crippen LogP contribution in [0.5, 0.6) is 5.75 Å². The molecular formula is C30H26ClN3O4S2. The van der Waals surface area contributed by atoms with Gasteiger partial charge in [-0.3, -0.25) is 14.5 Å². The monoisotopic (exact) mass is 591 g/mol. The molecule has 0 saturated carbocycles. The van der Waals surface area contributed by atoms with Crippen LogP contribution in [0, 0.1) is 0 Å². The maximum atomic E-state index is 13.4. The molecule has 1 aliphatic heterocycles. The first-order valence-corrected chi connectivity index (χ1v) is 14.9. The molecule has 10 heteroatoms. The molecule has 1 aliphatic rings. The van der Waals surface area contributed by atoms with Crippen molar-refractivity contribution in [3.8, 4) is 5.75 Å². The maximum Gasteiger partial charge on any atom is 0.301 e. The molecule has 7 nitrogen and oxygen atoms in total. The van der Waals surface area contributed by atoms with E-state index in [2.05, 4.69) is 17.1 Å². The number of carbonyl (C=O) groups is 2. The number of aliphatic hydroxyl groups is 1. The normalized spacial score (nSPS) is 16.4. The van der Waals surface area contributed by atoms with Gasteiger partial charge in [-0.15, -0.1) is 10.2 Å². The van der Waals surface area contributed by atoms with E-state index in [1.54, 1.807) is 24.3 Å². The van der Waals surface area contributed by atoms with Crippen molar-refractivity contribution < 1.29 is 19.4 Å². The molecule has 0 unspecified atom stereocenters. The first-order chi connectivity index (χ1) is 19.5. The van der Waals surface area contributed by atoms with Crippen LogP contribution in [0.4, 0.5) is 5.13 Å². The van der Waals surface area contributed by atoms with Crippen molar-refractivity contribution in [1.82, 2.24) is 10.2 Å². The van der Waals surface area contributed by atoms with E-state index < -0.39 is 17.7 Å². The molecule has 204 valence electrons. The van der Waals surface area contributed by atoms with Crippen LogP contribution in [-0.2, 0) is 15.3 Å². The van der Waals surface area contributed by atoms with E-state index in [4.69, 9.17) is 16.3 Å². The minimum absolute atomic E-state index is 0.00341. The summed E-state index contributed by atoms with van der Waals surface area (Å²) in [5.41, 5.74) is 2.03. The molecule has 0 aliphatic carbocycles. The van der Waals surface area contributed by atoms with Crippen LogP contribution < -0.4 is 9.64 Å². The number of hydrogen-bond acceptors (Lipinski definition) is 8. The lowest BCUT2D eigenvalue weighted by Crippen LogP contribution is -2.29. The zero-order valence-corrected chi connectivity index (χ0v) is 24.0. The number of thioether (sulfide) groups is 1. The topological polar surface area (TPSA) is 92.6 Å². The van der Waals surface area contributed by atoms with Gasteiger partial charge in [0.15, 0.2) is 4.34 Å². The lowest BCUT2D eigenvalue weighted by molar-refractivity contribution is -0.132. The Labute approximate surface area is 245 Å². The average Bonchev–Trinajstić information content (AvgIpc) is 3.55. The smallest absolute Gasteiger partial charge is 0.301 e. The van der Waals surface area contributed by atoms with E-state index in [1.807, 2.05) is 54.6 Å². The Morgan fingerprint density at radius 2 is 1.75 bits per heavy atom. The molecule has 1 saturated heterocycles. The number of rotatable bonds is 10. The molecule has 0 radical (unpaired) electrons. The van der Waals surface area contributed by atoms with Crippen LogP contribution in [0.15, 0.2) is 88.8 Å². The molecule has 1 aromatic heterocycles. The molecule has 3 aromatic carbocycles. The van der Waals surface area contributed by atoms with Crippen molar-refractivity contribution in [3.63, 3.8) is 0 Å². The van der Waals surface area contributed by atoms with Gasteiger partial charge in [0.1, 0.15) is 11.5 Å². The van der Waals surface area contributed by atoms with Gasteiger partial charge in [-0.1, -0.05) is 96.6 Å². The van der Waals surface area contributed by atoms with Gasteiger partial charge in [-0.2, -0.15) is 0 Å². The number of aliphatic hydroxyl groups excluding tert-OH is 1. The Kier molecular flexibility index (Phi) is 8.84. The van der Waals surface area contributed by atoms with Crippen LogP contribution >= 0.6 is 34.7 Å². The number of nitrogens with zero attached hydrogens (tertiary/aromatic N) is 3. The Morgan fingerprint density at radius 1 is 1.02 bits per heavy atom. The Morgan fingerprint density at radius 3 is 2.48 bits per heavy atom. The number of ether oxygens (including phenoxy) is 1. The lowest BCUT2D eigenvalue weighted by atomic mass is 9.95. The predicted molar refractivity (Wildman–Crippen MR) is 159 cm³/mol. The minimum Gasteiger partial charge on any atom is -0.507 e. The SMILES string of the molecule is CCCCOc1ccc(C(O)=C2C(=O)C(=O)N(c3nnc(SCc4ccccc4Cl)s3)[C@H]2c2ccccc2)cc1. The van der Waals surface area contributed by atoms with E-state index in [9.17, 15) is 14.7 Å². The third kappa shape index (κ3) is 5.91. The minimum atomic E-state index is -0.865. The summed E-state index contributed by atoms with van der Waals surface area (Å²) in [4.78, 5) is 28.1.